The fourth-order valence-corrected chi connectivity index (χ4v) is 8.22. The Morgan fingerprint density at radius 2 is 1.76 bits per heavy atom. The summed E-state index contributed by atoms with van der Waals surface area (Å²) < 4.78 is 16.9. The third-order valence-electron chi connectivity index (χ3n) is 11.3. The van der Waals surface area contributed by atoms with Crippen LogP contribution in [0.1, 0.15) is 102 Å². The van der Waals surface area contributed by atoms with E-state index in [1.165, 1.54) is 11.1 Å². The number of aliphatic hydroxyl groups excluding tert-OH is 1. The molecule has 0 unspecified atom stereocenters. The van der Waals surface area contributed by atoms with E-state index in [-0.39, 0.29) is 47.3 Å². The quantitative estimate of drug-likeness (QED) is 0.231. The smallest absolute Gasteiger partial charge is 0.407 e. The molecule has 0 aliphatic heterocycles. The number of oxazole rings is 1. The molecule has 2 heterocycles. The molecule has 3 aromatic rings. The van der Waals surface area contributed by atoms with Crippen LogP contribution in [-0.2, 0) is 20.4 Å². The number of amides is 2. The second kappa shape index (κ2) is 14.1. The zero-order valence-electron chi connectivity index (χ0n) is 29.7. The number of nitrogens with zero attached hydrogens (tertiary/aromatic N) is 3. The second-order valence-electron chi connectivity index (χ2n) is 15.6. The Balaban J connectivity index is 1.23. The van der Waals surface area contributed by atoms with Crippen molar-refractivity contribution in [3.8, 4) is 17.0 Å². The van der Waals surface area contributed by atoms with Crippen LogP contribution < -0.4 is 15.0 Å². The number of carbonyl (C=O) groups is 2. The minimum absolute atomic E-state index is 0.0228. The number of alkyl carbamates (subject to hydrolysis) is 1. The maximum absolute atomic E-state index is 14.6. The van der Waals surface area contributed by atoms with Crippen molar-refractivity contribution >= 4 is 17.8 Å². The lowest BCUT2D eigenvalue weighted by atomic mass is 9.51. The van der Waals surface area contributed by atoms with Gasteiger partial charge in [-0.2, -0.15) is 0 Å². The fraction of sp³-hybridized carbons (Fsp3) is 0.590. The summed E-state index contributed by atoms with van der Waals surface area (Å²) >= 11 is 0. The first-order chi connectivity index (χ1) is 23.4. The Labute approximate surface area is 290 Å². The maximum atomic E-state index is 14.6. The van der Waals surface area contributed by atoms with Crippen molar-refractivity contribution in [3.05, 3.63) is 59.8 Å². The average molecular weight is 673 g/mol. The van der Waals surface area contributed by atoms with E-state index in [2.05, 4.69) is 51.2 Å². The van der Waals surface area contributed by atoms with Crippen molar-refractivity contribution in [3.63, 3.8) is 0 Å². The molecule has 2 bridgehead atoms. The summed E-state index contributed by atoms with van der Waals surface area (Å²) in [6.45, 7) is 8.98. The van der Waals surface area contributed by atoms with Gasteiger partial charge in [0.25, 0.3) is 0 Å². The van der Waals surface area contributed by atoms with E-state index in [4.69, 9.17) is 29.0 Å². The highest BCUT2D eigenvalue weighted by Crippen LogP contribution is 2.58. The number of ether oxygens (including phenoxy) is 2. The normalized spacial score (nSPS) is 25.1. The van der Waals surface area contributed by atoms with Crippen molar-refractivity contribution in [1.29, 1.82) is 0 Å². The molecule has 10 heteroatoms. The Morgan fingerprint density at radius 3 is 2.37 bits per heavy atom. The van der Waals surface area contributed by atoms with Crippen LogP contribution in [0.5, 0.6) is 5.75 Å². The van der Waals surface area contributed by atoms with Gasteiger partial charge in [0.1, 0.15) is 29.6 Å². The number of aromatic nitrogens is 2. The number of anilines is 1. The van der Waals surface area contributed by atoms with Gasteiger partial charge in [-0.25, -0.2) is 14.8 Å². The average Bonchev–Trinajstić information content (AvgIpc) is 3.62. The maximum Gasteiger partial charge on any atom is 0.407 e. The van der Waals surface area contributed by atoms with Crippen LogP contribution in [0.2, 0.25) is 0 Å². The third-order valence-corrected chi connectivity index (χ3v) is 11.3. The van der Waals surface area contributed by atoms with Gasteiger partial charge in [-0.15, -0.1) is 0 Å². The molecule has 7 rings (SSSR count). The van der Waals surface area contributed by atoms with Crippen LogP contribution in [0.4, 0.5) is 10.6 Å². The summed E-state index contributed by atoms with van der Waals surface area (Å²) in [5.41, 5.74) is 4.15. The van der Waals surface area contributed by atoms with Gasteiger partial charge >= 0.3 is 6.09 Å². The van der Waals surface area contributed by atoms with E-state index >= 15 is 0 Å². The molecule has 49 heavy (non-hydrogen) atoms. The van der Waals surface area contributed by atoms with Gasteiger partial charge < -0.3 is 24.3 Å². The third kappa shape index (κ3) is 7.49. The summed E-state index contributed by atoms with van der Waals surface area (Å²) in [6, 6.07) is 10.6. The number of hydrogen-bond acceptors (Lipinski definition) is 8. The highest BCUT2D eigenvalue weighted by molar-refractivity contribution is 5.95. The molecule has 4 aliphatic carbocycles. The van der Waals surface area contributed by atoms with Crippen LogP contribution in [0.3, 0.4) is 0 Å². The number of rotatable bonds is 10. The van der Waals surface area contributed by atoms with Crippen LogP contribution in [0.15, 0.2) is 47.2 Å². The summed E-state index contributed by atoms with van der Waals surface area (Å²) in [4.78, 5) is 38.2. The molecule has 4 fully saturated rings. The largest absolute Gasteiger partial charge is 0.496 e. The molecule has 10 nitrogen and oxygen atoms in total. The summed E-state index contributed by atoms with van der Waals surface area (Å²) in [7, 11) is 1.72. The molecule has 264 valence electrons. The van der Waals surface area contributed by atoms with Gasteiger partial charge in [0.05, 0.1) is 13.7 Å². The van der Waals surface area contributed by atoms with E-state index in [0.717, 1.165) is 55.5 Å². The predicted octanol–water partition coefficient (Wildman–Crippen LogP) is 7.25. The van der Waals surface area contributed by atoms with E-state index in [9.17, 15) is 9.59 Å². The van der Waals surface area contributed by atoms with Crippen molar-refractivity contribution in [1.82, 2.24) is 15.3 Å². The molecule has 2 N–H and O–H groups in total. The van der Waals surface area contributed by atoms with Crippen molar-refractivity contribution < 1.29 is 28.6 Å². The summed E-state index contributed by atoms with van der Waals surface area (Å²) in [5, 5.41) is 11.5. The van der Waals surface area contributed by atoms with Crippen LogP contribution >= 0.6 is 0 Å². The van der Waals surface area contributed by atoms with E-state index in [1.54, 1.807) is 19.6 Å². The number of methoxy groups -OCH3 is 1. The number of carbonyl (C=O) groups excluding carboxylic acids is 2. The van der Waals surface area contributed by atoms with Crippen LogP contribution in [0.25, 0.3) is 11.3 Å². The minimum Gasteiger partial charge on any atom is -0.496 e. The number of hydrogen-bond donors (Lipinski definition) is 2. The first-order valence-electron chi connectivity index (χ1n) is 17.9. The van der Waals surface area contributed by atoms with Gasteiger partial charge in [-0.1, -0.05) is 32.9 Å². The predicted molar refractivity (Wildman–Crippen MR) is 188 cm³/mol. The number of pyridine rings is 1. The molecule has 0 saturated heterocycles. The number of aryl methyl sites for hydroxylation is 1. The lowest BCUT2D eigenvalue weighted by Crippen LogP contribution is -2.52. The Morgan fingerprint density at radius 1 is 1.04 bits per heavy atom. The number of nitrogens with one attached hydrogen (secondary N) is 1. The Hall–Kier alpha value is -3.92. The lowest BCUT2D eigenvalue weighted by molar-refractivity contribution is -0.124. The molecule has 0 spiro atoms. The molecule has 2 amide bonds. The molecule has 4 saturated carbocycles. The first kappa shape index (κ1) is 34.9. The molecule has 4 aliphatic rings. The van der Waals surface area contributed by atoms with Crippen molar-refractivity contribution in [2.45, 2.75) is 109 Å². The SMILES string of the molecule is COc1ccc(C23CCC(CN(c4cc(-c5coc(C(C)(C)C)n5)ccn4)C(=O)[C@H]4CC[C@H](OC(=O)NCCO)CC4)(CC2)CC3)cc1C. The van der Waals surface area contributed by atoms with Crippen LogP contribution in [0, 0.1) is 18.3 Å². The summed E-state index contributed by atoms with van der Waals surface area (Å²) in [5.74, 6) is 2.14. The highest BCUT2D eigenvalue weighted by atomic mass is 16.6. The molecular weight excluding hydrogens is 620 g/mol. The molecule has 0 atom stereocenters. The van der Waals surface area contributed by atoms with Gasteiger partial charge in [-0.05, 0) is 111 Å². The molecular formula is C39H52N4O6. The van der Waals surface area contributed by atoms with E-state index in [0.29, 0.717) is 43.9 Å². The number of benzene rings is 1. The van der Waals surface area contributed by atoms with Gasteiger partial charge in [-0.3, -0.25) is 9.69 Å². The standard InChI is InChI=1S/C39H52N4O6/c1-26-22-29(8-11-32(26)47-5)39-16-13-38(14-17-39,15-18-39)25-43(34(45)27-6-9-30(10-7-27)49-36(46)41-20-21-44)33-23-28(12-19-40-33)31-24-48-35(42-31)37(2,3)4/h8,11-12,19,22-24,27,30,44H,6-7,9-10,13-18,20-21,25H2,1-5H3,(H,41,46)/t27-,30-,38?,39?. The zero-order valence-corrected chi connectivity index (χ0v) is 29.7. The number of fused-ring (bicyclic) bond motifs is 3. The zero-order chi connectivity index (χ0) is 34.8. The Bertz CT molecular complexity index is 1610. The number of aliphatic hydroxyl groups is 1. The molecule has 1 aromatic carbocycles. The van der Waals surface area contributed by atoms with E-state index < -0.39 is 6.09 Å². The summed E-state index contributed by atoms with van der Waals surface area (Å²) in [6.07, 6.45) is 11.7. The highest BCUT2D eigenvalue weighted by Gasteiger charge is 2.51. The fourth-order valence-electron chi connectivity index (χ4n) is 8.22. The first-order valence-corrected chi connectivity index (χ1v) is 17.9. The second-order valence-corrected chi connectivity index (χ2v) is 15.6. The van der Waals surface area contributed by atoms with Gasteiger partial charge in [0, 0.05) is 36.2 Å². The molecule has 0 radical (unpaired) electrons. The Kier molecular flexibility index (Phi) is 10.1. The minimum atomic E-state index is -0.525. The lowest BCUT2D eigenvalue weighted by Gasteiger charge is -2.55. The van der Waals surface area contributed by atoms with Gasteiger partial charge in [0.2, 0.25) is 5.91 Å². The van der Waals surface area contributed by atoms with Crippen molar-refractivity contribution in [2.75, 3.05) is 31.7 Å². The van der Waals surface area contributed by atoms with Crippen molar-refractivity contribution in [2.24, 2.45) is 11.3 Å². The van der Waals surface area contributed by atoms with Crippen LogP contribution in [-0.4, -0.2) is 60.0 Å². The monoisotopic (exact) mass is 672 g/mol. The van der Waals surface area contributed by atoms with Gasteiger partial charge in [0.15, 0.2) is 5.89 Å². The molecule has 2 aromatic heterocycles. The topological polar surface area (TPSA) is 127 Å². The van der Waals surface area contributed by atoms with E-state index in [1.807, 2.05) is 17.0 Å².